The predicted octanol–water partition coefficient (Wildman–Crippen LogP) is 1.65. The van der Waals surface area contributed by atoms with E-state index in [2.05, 4.69) is 16.2 Å². The monoisotopic (exact) mass is 154 g/mol. The van der Waals surface area contributed by atoms with Crippen LogP contribution in [0.4, 0.5) is 0 Å². The van der Waals surface area contributed by atoms with Gasteiger partial charge in [0.1, 0.15) is 0 Å². The standard InChI is InChI=1S/C7H10N2S/c1-6-3-9-7(4-8-6)5-10-2/h3-4H,5H2,1-2H3. The van der Waals surface area contributed by atoms with Crippen LogP contribution in [0, 0.1) is 6.92 Å². The Hall–Kier alpha value is -0.570. The van der Waals surface area contributed by atoms with E-state index in [-0.39, 0.29) is 0 Å². The summed E-state index contributed by atoms with van der Waals surface area (Å²) in [6, 6.07) is 0. The molecule has 0 radical (unpaired) electrons. The molecule has 1 aromatic rings. The second-order valence-corrected chi connectivity index (χ2v) is 2.95. The fraction of sp³-hybridized carbons (Fsp3) is 0.429. The van der Waals surface area contributed by atoms with Crippen LogP contribution in [0.1, 0.15) is 11.4 Å². The summed E-state index contributed by atoms with van der Waals surface area (Å²) in [4.78, 5) is 8.31. The van der Waals surface area contributed by atoms with Gasteiger partial charge in [0, 0.05) is 18.1 Å². The lowest BCUT2D eigenvalue weighted by Gasteiger charge is -1.95. The zero-order valence-corrected chi connectivity index (χ0v) is 6.98. The first-order valence-electron chi connectivity index (χ1n) is 3.09. The predicted molar refractivity (Wildman–Crippen MR) is 44.0 cm³/mol. The summed E-state index contributed by atoms with van der Waals surface area (Å²) in [5.74, 6) is 0.952. The van der Waals surface area contributed by atoms with E-state index in [1.165, 1.54) is 0 Å². The summed E-state index contributed by atoms with van der Waals surface area (Å²) in [5.41, 5.74) is 2.03. The van der Waals surface area contributed by atoms with E-state index in [0.29, 0.717) is 0 Å². The van der Waals surface area contributed by atoms with Crippen molar-refractivity contribution in [3.05, 3.63) is 23.8 Å². The van der Waals surface area contributed by atoms with Crippen LogP contribution in [-0.4, -0.2) is 16.2 Å². The molecule has 0 unspecified atom stereocenters. The van der Waals surface area contributed by atoms with Gasteiger partial charge in [-0.05, 0) is 13.2 Å². The molecule has 0 bridgehead atoms. The molecule has 0 aliphatic rings. The van der Waals surface area contributed by atoms with E-state index >= 15 is 0 Å². The highest BCUT2D eigenvalue weighted by atomic mass is 32.2. The Bertz CT molecular complexity index is 195. The number of hydrogen-bond acceptors (Lipinski definition) is 3. The van der Waals surface area contributed by atoms with Gasteiger partial charge in [-0.3, -0.25) is 9.97 Å². The molecule has 0 saturated heterocycles. The van der Waals surface area contributed by atoms with Crippen molar-refractivity contribution < 1.29 is 0 Å². The van der Waals surface area contributed by atoms with Gasteiger partial charge in [0.15, 0.2) is 0 Å². The van der Waals surface area contributed by atoms with Gasteiger partial charge in [0.2, 0.25) is 0 Å². The van der Waals surface area contributed by atoms with Gasteiger partial charge >= 0.3 is 0 Å². The van der Waals surface area contributed by atoms with E-state index in [0.717, 1.165) is 17.1 Å². The number of aromatic nitrogens is 2. The minimum absolute atomic E-state index is 0.952. The van der Waals surface area contributed by atoms with Crippen LogP contribution in [0.3, 0.4) is 0 Å². The highest BCUT2D eigenvalue weighted by molar-refractivity contribution is 7.97. The molecule has 0 atom stereocenters. The first-order valence-corrected chi connectivity index (χ1v) is 4.49. The average molecular weight is 154 g/mol. The average Bonchev–Trinajstić information content (AvgIpc) is 1.95. The molecule has 10 heavy (non-hydrogen) atoms. The Morgan fingerprint density at radius 1 is 1.40 bits per heavy atom. The lowest BCUT2D eigenvalue weighted by molar-refractivity contribution is 1.05. The fourth-order valence-corrected chi connectivity index (χ4v) is 1.09. The van der Waals surface area contributed by atoms with Gasteiger partial charge in [0.25, 0.3) is 0 Å². The van der Waals surface area contributed by atoms with Crippen molar-refractivity contribution in [1.82, 2.24) is 9.97 Å². The van der Waals surface area contributed by atoms with E-state index in [4.69, 9.17) is 0 Å². The van der Waals surface area contributed by atoms with Crippen molar-refractivity contribution >= 4 is 11.8 Å². The molecule has 0 fully saturated rings. The molecule has 1 aromatic heterocycles. The zero-order chi connectivity index (χ0) is 7.40. The Balaban J connectivity index is 2.69. The maximum Gasteiger partial charge on any atom is 0.0685 e. The van der Waals surface area contributed by atoms with E-state index < -0.39 is 0 Å². The highest BCUT2D eigenvalue weighted by Crippen LogP contribution is 2.03. The Kier molecular flexibility index (Phi) is 2.68. The smallest absolute Gasteiger partial charge is 0.0685 e. The van der Waals surface area contributed by atoms with Gasteiger partial charge in [-0.15, -0.1) is 0 Å². The van der Waals surface area contributed by atoms with Gasteiger partial charge in [-0.1, -0.05) is 0 Å². The second-order valence-electron chi connectivity index (χ2n) is 2.08. The third kappa shape index (κ3) is 1.99. The minimum atomic E-state index is 0.952. The molecule has 0 spiro atoms. The van der Waals surface area contributed by atoms with Crippen molar-refractivity contribution in [1.29, 1.82) is 0 Å². The summed E-state index contributed by atoms with van der Waals surface area (Å²) < 4.78 is 0. The third-order valence-corrected chi connectivity index (χ3v) is 1.71. The Morgan fingerprint density at radius 3 is 2.70 bits per heavy atom. The first kappa shape index (κ1) is 7.54. The van der Waals surface area contributed by atoms with Crippen molar-refractivity contribution in [2.75, 3.05) is 6.26 Å². The summed E-state index contributed by atoms with van der Waals surface area (Å²) in [6.07, 6.45) is 5.68. The van der Waals surface area contributed by atoms with Crippen LogP contribution in [0.2, 0.25) is 0 Å². The van der Waals surface area contributed by atoms with Gasteiger partial charge in [-0.2, -0.15) is 11.8 Å². The molecule has 1 heterocycles. The van der Waals surface area contributed by atoms with Gasteiger partial charge in [0.05, 0.1) is 11.4 Å². The number of hydrogen-bond donors (Lipinski definition) is 0. The molecule has 3 heteroatoms. The molecular weight excluding hydrogens is 144 g/mol. The summed E-state index contributed by atoms with van der Waals surface area (Å²) in [7, 11) is 0. The van der Waals surface area contributed by atoms with E-state index in [9.17, 15) is 0 Å². The van der Waals surface area contributed by atoms with Crippen molar-refractivity contribution in [2.24, 2.45) is 0 Å². The minimum Gasteiger partial charge on any atom is -0.258 e. The lowest BCUT2D eigenvalue weighted by Crippen LogP contribution is -1.89. The Morgan fingerprint density at radius 2 is 2.20 bits per heavy atom. The fourth-order valence-electron chi connectivity index (χ4n) is 0.642. The van der Waals surface area contributed by atoms with Crippen molar-refractivity contribution in [2.45, 2.75) is 12.7 Å². The molecule has 1 rings (SSSR count). The van der Waals surface area contributed by atoms with Crippen LogP contribution in [0.15, 0.2) is 12.4 Å². The first-order chi connectivity index (χ1) is 4.83. The lowest BCUT2D eigenvalue weighted by atomic mass is 10.4. The molecule has 0 amide bonds. The van der Waals surface area contributed by atoms with Crippen molar-refractivity contribution in [3.63, 3.8) is 0 Å². The number of aryl methyl sites for hydroxylation is 1. The molecule has 0 aromatic carbocycles. The van der Waals surface area contributed by atoms with Gasteiger partial charge < -0.3 is 0 Å². The second kappa shape index (κ2) is 3.56. The largest absolute Gasteiger partial charge is 0.258 e. The van der Waals surface area contributed by atoms with E-state index in [1.54, 1.807) is 18.0 Å². The van der Waals surface area contributed by atoms with Crippen LogP contribution in [-0.2, 0) is 5.75 Å². The van der Waals surface area contributed by atoms with Crippen LogP contribution in [0.5, 0.6) is 0 Å². The molecular formula is C7H10N2S. The Labute approximate surface area is 65.1 Å². The summed E-state index contributed by atoms with van der Waals surface area (Å²) >= 11 is 1.76. The maximum atomic E-state index is 4.18. The number of thioether (sulfide) groups is 1. The maximum absolute atomic E-state index is 4.18. The van der Waals surface area contributed by atoms with Crippen LogP contribution < -0.4 is 0 Å². The van der Waals surface area contributed by atoms with Crippen molar-refractivity contribution in [3.8, 4) is 0 Å². The number of nitrogens with zero attached hydrogens (tertiary/aromatic N) is 2. The third-order valence-electron chi connectivity index (χ3n) is 1.13. The van der Waals surface area contributed by atoms with Crippen LogP contribution in [0.25, 0.3) is 0 Å². The normalized spacial score (nSPS) is 9.80. The summed E-state index contributed by atoms with van der Waals surface area (Å²) in [6.45, 7) is 1.94. The van der Waals surface area contributed by atoms with E-state index in [1.807, 2.05) is 13.1 Å². The quantitative estimate of drug-likeness (QED) is 0.647. The molecule has 0 N–H and O–H groups in total. The SMILES string of the molecule is CSCc1cnc(C)cn1. The molecule has 54 valence electrons. The summed E-state index contributed by atoms with van der Waals surface area (Å²) in [5, 5.41) is 0. The topological polar surface area (TPSA) is 25.8 Å². The molecule has 0 aliphatic heterocycles. The molecule has 0 saturated carbocycles. The number of rotatable bonds is 2. The molecule has 0 aliphatic carbocycles. The van der Waals surface area contributed by atoms with Gasteiger partial charge in [-0.25, -0.2) is 0 Å². The molecule has 2 nitrogen and oxygen atoms in total. The zero-order valence-electron chi connectivity index (χ0n) is 6.16. The highest BCUT2D eigenvalue weighted by Gasteiger charge is 1.91. The van der Waals surface area contributed by atoms with Crippen LogP contribution >= 0.6 is 11.8 Å².